The van der Waals surface area contributed by atoms with Gasteiger partial charge in [-0.3, -0.25) is 9.69 Å². The summed E-state index contributed by atoms with van der Waals surface area (Å²) in [7, 11) is 0. The molecule has 0 unspecified atom stereocenters. The summed E-state index contributed by atoms with van der Waals surface area (Å²) in [6.45, 7) is 3.09. The Morgan fingerprint density at radius 3 is 2.32 bits per heavy atom. The van der Waals surface area contributed by atoms with E-state index in [9.17, 15) is 9.90 Å². The van der Waals surface area contributed by atoms with E-state index in [0.29, 0.717) is 6.04 Å². The van der Waals surface area contributed by atoms with Crippen LogP contribution in [0.15, 0.2) is 17.1 Å². The maximum absolute atomic E-state index is 11.9. The van der Waals surface area contributed by atoms with E-state index in [0.717, 1.165) is 38.2 Å². The van der Waals surface area contributed by atoms with Gasteiger partial charge in [0.2, 0.25) is 5.43 Å². The molecule has 0 spiro atoms. The van der Waals surface area contributed by atoms with Gasteiger partial charge in [-0.15, -0.1) is 0 Å². The third-order valence-corrected chi connectivity index (χ3v) is 5.20. The maximum atomic E-state index is 11.9. The summed E-state index contributed by atoms with van der Waals surface area (Å²) in [5.41, 5.74) is 0.841. The highest BCUT2D eigenvalue weighted by molar-refractivity contribution is 5.21. The molecule has 2 aliphatic rings. The first-order valence-electron chi connectivity index (χ1n) is 8.90. The van der Waals surface area contributed by atoms with Crippen molar-refractivity contribution < 1.29 is 5.11 Å². The van der Waals surface area contributed by atoms with Crippen LogP contribution in [0.25, 0.3) is 0 Å². The van der Waals surface area contributed by atoms with Gasteiger partial charge < -0.3 is 9.67 Å². The fraction of sp³-hybridized carbons (Fsp3) is 0.722. The van der Waals surface area contributed by atoms with Crippen LogP contribution in [0.4, 0.5) is 0 Å². The summed E-state index contributed by atoms with van der Waals surface area (Å²) >= 11 is 0. The molecule has 0 amide bonds. The molecule has 1 aromatic rings. The third-order valence-electron chi connectivity index (χ3n) is 5.20. The quantitative estimate of drug-likeness (QED) is 0.870. The van der Waals surface area contributed by atoms with Crippen LogP contribution in [0, 0.1) is 0 Å². The summed E-state index contributed by atoms with van der Waals surface area (Å²) in [6.07, 6.45) is 13.0. The monoisotopic (exact) mass is 304 g/mol. The van der Waals surface area contributed by atoms with E-state index >= 15 is 0 Å². The number of aromatic nitrogens is 1. The Hall–Kier alpha value is -1.29. The summed E-state index contributed by atoms with van der Waals surface area (Å²) in [4.78, 5) is 14.3. The lowest BCUT2D eigenvalue weighted by Crippen LogP contribution is -2.31. The van der Waals surface area contributed by atoms with Gasteiger partial charge in [-0.25, -0.2) is 0 Å². The van der Waals surface area contributed by atoms with Gasteiger partial charge in [-0.2, -0.15) is 0 Å². The van der Waals surface area contributed by atoms with E-state index in [4.69, 9.17) is 0 Å². The van der Waals surface area contributed by atoms with E-state index in [1.165, 1.54) is 44.9 Å². The van der Waals surface area contributed by atoms with Crippen LogP contribution in [0.5, 0.6) is 5.75 Å². The Morgan fingerprint density at radius 1 is 1.00 bits per heavy atom. The molecule has 1 N–H and O–H groups in total. The lowest BCUT2D eigenvalue weighted by atomic mass is 10.1. The first-order chi connectivity index (χ1) is 10.7. The van der Waals surface area contributed by atoms with Gasteiger partial charge >= 0.3 is 0 Å². The van der Waals surface area contributed by atoms with Gasteiger partial charge in [0.05, 0.1) is 6.20 Å². The third kappa shape index (κ3) is 3.72. The van der Waals surface area contributed by atoms with E-state index < -0.39 is 0 Å². The van der Waals surface area contributed by atoms with E-state index in [1.807, 2.05) is 0 Å². The summed E-state index contributed by atoms with van der Waals surface area (Å²) < 4.78 is 2.21. The molecule has 122 valence electrons. The van der Waals surface area contributed by atoms with Crippen molar-refractivity contribution in [2.24, 2.45) is 0 Å². The van der Waals surface area contributed by atoms with Crippen molar-refractivity contribution in [1.29, 1.82) is 0 Å². The Morgan fingerprint density at radius 2 is 1.64 bits per heavy atom. The zero-order valence-electron chi connectivity index (χ0n) is 13.5. The van der Waals surface area contributed by atoms with Crippen molar-refractivity contribution in [3.8, 4) is 5.75 Å². The van der Waals surface area contributed by atoms with Crippen LogP contribution in [0.3, 0.4) is 0 Å². The minimum absolute atomic E-state index is 0.105. The molecule has 0 radical (unpaired) electrons. The van der Waals surface area contributed by atoms with Crippen molar-refractivity contribution in [1.82, 2.24) is 9.47 Å². The van der Waals surface area contributed by atoms with Gasteiger partial charge in [0.1, 0.15) is 0 Å². The molecule has 22 heavy (non-hydrogen) atoms. The Kier molecular flexibility index (Phi) is 5.19. The van der Waals surface area contributed by atoms with Crippen LogP contribution in [-0.4, -0.2) is 27.7 Å². The predicted octanol–water partition coefficient (Wildman–Crippen LogP) is 3.44. The topological polar surface area (TPSA) is 45.5 Å². The van der Waals surface area contributed by atoms with Gasteiger partial charge in [0.25, 0.3) is 0 Å². The first-order valence-corrected chi connectivity index (χ1v) is 8.90. The molecule has 1 saturated heterocycles. The summed E-state index contributed by atoms with van der Waals surface area (Å²) in [6, 6.07) is 2.10. The number of pyridine rings is 1. The fourth-order valence-corrected chi connectivity index (χ4v) is 3.93. The average molecular weight is 304 g/mol. The summed E-state index contributed by atoms with van der Waals surface area (Å²) in [5.74, 6) is -0.105. The van der Waals surface area contributed by atoms with Crippen molar-refractivity contribution in [3.05, 3.63) is 28.2 Å². The Balaban J connectivity index is 1.85. The van der Waals surface area contributed by atoms with Crippen LogP contribution in [-0.2, 0) is 6.54 Å². The second-order valence-electron chi connectivity index (χ2n) is 6.90. The number of rotatable bonds is 3. The zero-order valence-corrected chi connectivity index (χ0v) is 13.5. The largest absolute Gasteiger partial charge is 0.503 e. The predicted molar refractivity (Wildman–Crippen MR) is 88.2 cm³/mol. The fourth-order valence-electron chi connectivity index (χ4n) is 3.93. The van der Waals surface area contributed by atoms with Gasteiger partial charge in [-0.05, 0) is 38.8 Å². The van der Waals surface area contributed by atoms with E-state index in [2.05, 4.69) is 9.47 Å². The van der Waals surface area contributed by atoms with E-state index in [1.54, 1.807) is 12.3 Å². The second-order valence-corrected chi connectivity index (χ2v) is 6.90. The van der Waals surface area contributed by atoms with Gasteiger partial charge in [-0.1, -0.05) is 32.1 Å². The van der Waals surface area contributed by atoms with Gasteiger partial charge in [0, 0.05) is 24.3 Å². The molecule has 0 atom stereocenters. The average Bonchev–Trinajstić information content (AvgIpc) is 2.81. The highest BCUT2D eigenvalue weighted by atomic mass is 16.3. The van der Waals surface area contributed by atoms with Crippen LogP contribution >= 0.6 is 0 Å². The molecule has 2 heterocycles. The van der Waals surface area contributed by atoms with E-state index in [-0.39, 0.29) is 11.2 Å². The molecule has 4 nitrogen and oxygen atoms in total. The van der Waals surface area contributed by atoms with Crippen molar-refractivity contribution in [2.45, 2.75) is 70.4 Å². The molecule has 1 aliphatic heterocycles. The molecule has 2 fully saturated rings. The van der Waals surface area contributed by atoms with Crippen molar-refractivity contribution >= 4 is 0 Å². The van der Waals surface area contributed by atoms with Crippen LogP contribution < -0.4 is 5.43 Å². The molecular weight excluding hydrogens is 276 g/mol. The standard InChI is InChI=1S/C18H28N2O2/c21-17-12-16(13-19-10-6-3-7-11-19)20(14-18(17)22)15-8-4-1-2-5-9-15/h12,14-15,22H,1-11,13H2. The lowest BCUT2D eigenvalue weighted by molar-refractivity contribution is 0.212. The van der Waals surface area contributed by atoms with Crippen LogP contribution in [0.1, 0.15) is 69.5 Å². The highest BCUT2D eigenvalue weighted by Crippen LogP contribution is 2.29. The molecule has 1 saturated carbocycles. The van der Waals surface area contributed by atoms with Gasteiger partial charge in [0.15, 0.2) is 5.75 Å². The zero-order chi connectivity index (χ0) is 15.4. The van der Waals surface area contributed by atoms with Crippen molar-refractivity contribution in [3.63, 3.8) is 0 Å². The number of nitrogens with zero attached hydrogens (tertiary/aromatic N) is 2. The first kappa shape index (κ1) is 15.6. The minimum Gasteiger partial charge on any atom is -0.503 e. The molecule has 3 rings (SSSR count). The minimum atomic E-state index is -0.239. The van der Waals surface area contributed by atoms with Crippen LogP contribution in [0.2, 0.25) is 0 Å². The number of hydrogen-bond donors (Lipinski definition) is 1. The summed E-state index contributed by atoms with van der Waals surface area (Å²) in [5, 5.41) is 9.88. The SMILES string of the molecule is O=c1cc(CN2CCCCC2)n(C2CCCCCC2)cc1O. The number of likely N-dealkylation sites (tertiary alicyclic amines) is 1. The number of hydrogen-bond acceptors (Lipinski definition) is 3. The molecule has 0 bridgehead atoms. The maximum Gasteiger partial charge on any atom is 0.223 e. The number of piperidine rings is 1. The van der Waals surface area contributed by atoms with Crippen molar-refractivity contribution in [2.75, 3.05) is 13.1 Å². The molecule has 4 heteroatoms. The lowest BCUT2D eigenvalue weighted by Gasteiger charge is -2.29. The molecule has 1 aromatic heterocycles. The normalized spacial score (nSPS) is 21.6. The molecule has 1 aliphatic carbocycles. The molecular formula is C18H28N2O2. The smallest absolute Gasteiger partial charge is 0.223 e. The molecule has 0 aromatic carbocycles. The Bertz CT molecular complexity index is 539. The highest BCUT2D eigenvalue weighted by Gasteiger charge is 2.19. The second kappa shape index (κ2) is 7.32. The Labute approximate surface area is 132 Å². The number of aromatic hydroxyl groups is 1.